The van der Waals surface area contributed by atoms with E-state index in [0.717, 1.165) is 57.3 Å². The van der Waals surface area contributed by atoms with Gasteiger partial charge in [0.05, 0.1) is 0 Å². The molecule has 1 fully saturated rings. The topological polar surface area (TPSA) is 43.3 Å². The van der Waals surface area contributed by atoms with Crippen LogP contribution in [0.25, 0.3) is 0 Å². The summed E-state index contributed by atoms with van der Waals surface area (Å²) >= 11 is 0. The average molecular weight is 412 g/mol. The Bertz CT molecular complexity index is 618. The van der Waals surface area contributed by atoms with Gasteiger partial charge in [-0.3, -0.25) is 4.99 Å². The molecule has 29 heavy (non-hydrogen) atoms. The Balaban J connectivity index is 1.87. The molecule has 1 aliphatic heterocycles. The van der Waals surface area contributed by atoms with Gasteiger partial charge >= 0.3 is 6.61 Å². The van der Waals surface area contributed by atoms with Crippen LogP contribution in [0.15, 0.2) is 29.3 Å². The number of ether oxygens (including phenoxy) is 1. The normalized spacial score (nSPS) is 17.4. The van der Waals surface area contributed by atoms with Gasteiger partial charge in [0.25, 0.3) is 0 Å². The summed E-state index contributed by atoms with van der Waals surface area (Å²) in [5.41, 5.74) is 1.00. The summed E-state index contributed by atoms with van der Waals surface area (Å²) in [6, 6.07) is 6.73. The first-order valence-electron chi connectivity index (χ1n) is 10.3. The van der Waals surface area contributed by atoms with Crippen LogP contribution in [0.1, 0.15) is 19.4 Å². The van der Waals surface area contributed by atoms with Gasteiger partial charge in [-0.25, -0.2) is 0 Å². The number of alkyl halides is 2. The Morgan fingerprint density at radius 2 is 1.86 bits per heavy atom. The molecule has 1 atom stereocenters. The Labute approximate surface area is 173 Å². The SMILES string of the molecule is CCNC(=NCC(C)CN1CCN(C)CC1)N(C)Cc1ccc(OC(F)F)cc1. The minimum Gasteiger partial charge on any atom is -0.435 e. The maximum absolute atomic E-state index is 12.3. The van der Waals surface area contributed by atoms with Crippen molar-refractivity contribution in [3.63, 3.8) is 0 Å². The molecule has 1 saturated heterocycles. The number of likely N-dealkylation sites (N-methyl/N-ethyl adjacent to an activating group) is 1. The molecule has 8 heteroatoms. The molecule has 164 valence electrons. The zero-order valence-corrected chi connectivity index (χ0v) is 18.1. The zero-order valence-electron chi connectivity index (χ0n) is 18.1. The Kier molecular flexibility index (Phi) is 9.60. The predicted molar refractivity (Wildman–Crippen MR) is 114 cm³/mol. The Morgan fingerprint density at radius 3 is 2.45 bits per heavy atom. The standard InChI is InChI=1S/C21H35F2N5O/c1-5-24-21(25-14-17(2)15-28-12-10-26(3)11-13-28)27(4)16-18-6-8-19(9-7-18)29-20(22)23/h6-9,17,20H,5,10-16H2,1-4H3,(H,24,25). The fourth-order valence-electron chi connectivity index (χ4n) is 3.37. The van der Waals surface area contributed by atoms with Crippen molar-refractivity contribution in [2.45, 2.75) is 27.0 Å². The molecule has 1 heterocycles. The molecule has 1 aromatic carbocycles. The fourth-order valence-corrected chi connectivity index (χ4v) is 3.37. The van der Waals surface area contributed by atoms with Gasteiger partial charge in [0.1, 0.15) is 5.75 Å². The van der Waals surface area contributed by atoms with Crippen LogP contribution in [0, 0.1) is 5.92 Å². The van der Waals surface area contributed by atoms with Gasteiger partial charge in [-0.15, -0.1) is 0 Å². The summed E-state index contributed by atoms with van der Waals surface area (Å²) in [6.07, 6.45) is 0. The second-order valence-corrected chi connectivity index (χ2v) is 7.78. The predicted octanol–water partition coefficient (Wildman–Crippen LogP) is 2.57. The van der Waals surface area contributed by atoms with Gasteiger partial charge < -0.3 is 24.8 Å². The molecule has 1 aromatic rings. The average Bonchev–Trinajstić information content (AvgIpc) is 2.68. The number of hydrogen-bond donors (Lipinski definition) is 1. The van der Waals surface area contributed by atoms with Crippen molar-refractivity contribution >= 4 is 5.96 Å². The van der Waals surface area contributed by atoms with Crippen molar-refractivity contribution in [3.8, 4) is 5.75 Å². The molecular weight excluding hydrogens is 376 g/mol. The summed E-state index contributed by atoms with van der Waals surface area (Å²) in [5, 5.41) is 3.34. The van der Waals surface area contributed by atoms with Crippen LogP contribution in [0.4, 0.5) is 8.78 Å². The third-order valence-corrected chi connectivity index (χ3v) is 4.98. The number of guanidine groups is 1. The minimum absolute atomic E-state index is 0.171. The van der Waals surface area contributed by atoms with Crippen LogP contribution < -0.4 is 10.1 Å². The van der Waals surface area contributed by atoms with Crippen molar-refractivity contribution in [1.29, 1.82) is 0 Å². The van der Waals surface area contributed by atoms with Crippen molar-refractivity contribution in [2.24, 2.45) is 10.9 Å². The van der Waals surface area contributed by atoms with Crippen molar-refractivity contribution in [2.75, 3.05) is 59.9 Å². The minimum atomic E-state index is -2.80. The second-order valence-electron chi connectivity index (χ2n) is 7.78. The first-order valence-corrected chi connectivity index (χ1v) is 10.3. The molecule has 0 spiro atoms. The molecular formula is C21H35F2N5O. The highest BCUT2D eigenvalue weighted by atomic mass is 19.3. The van der Waals surface area contributed by atoms with E-state index in [1.807, 2.05) is 14.0 Å². The lowest BCUT2D eigenvalue weighted by Crippen LogP contribution is -2.46. The van der Waals surface area contributed by atoms with Gasteiger partial charge in [0, 0.05) is 59.4 Å². The molecule has 6 nitrogen and oxygen atoms in total. The van der Waals surface area contributed by atoms with Crippen LogP contribution in [-0.4, -0.2) is 87.2 Å². The monoisotopic (exact) mass is 411 g/mol. The molecule has 0 saturated carbocycles. The lowest BCUT2D eigenvalue weighted by Gasteiger charge is -2.33. The third-order valence-electron chi connectivity index (χ3n) is 4.98. The maximum atomic E-state index is 12.3. The molecule has 0 aliphatic carbocycles. The van der Waals surface area contributed by atoms with Gasteiger partial charge in [-0.2, -0.15) is 8.78 Å². The number of nitrogens with zero attached hydrogens (tertiary/aromatic N) is 4. The number of benzene rings is 1. The molecule has 1 N–H and O–H groups in total. The molecule has 0 aromatic heterocycles. The van der Waals surface area contributed by atoms with E-state index in [9.17, 15) is 8.78 Å². The van der Waals surface area contributed by atoms with Crippen LogP contribution in [-0.2, 0) is 6.54 Å². The van der Waals surface area contributed by atoms with Crippen LogP contribution >= 0.6 is 0 Å². The number of rotatable bonds is 9. The zero-order chi connectivity index (χ0) is 21.2. The van der Waals surface area contributed by atoms with Gasteiger partial charge in [-0.1, -0.05) is 19.1 Å². The first kappa shape index (κ1) is 23.3. The van der Waals surface area contributed by atoms with E-state index in [2.05, 4.69) is 38.7 Å². The number of nitrogens with one attached hydrogen (secondary N) is 1. The number of aliphatic imine (C=N–C) groups is 1. The first-order chi connectivity index (χ1) is 13.9. The van der Waals surface area contributed by atoms with E-state index in [-0.39, 0.29) is 5.75 Å². The van der Waals surface area contributed by atoms with Crippen molar-refractivity contribution < 1.29 is 13.5 Å². The van der Waals surface area contributed by atoms with E-state index < -0.39 is 6.61 Å². The number of halogens is 2. The molecule has 1 unspecified atom stereocenters. The van der Waals surface area contributed by atoms with Gasteiger partial charge in [0.15, 0.2) is 5.96 Å². The second kappa shape index (κ2) is 11.9. The highest BCUT2D eigenvalue weighted by molar-refractivity contribution is 5.79. The summed E-state index contributed by atoms with van der Waals surface area (Å²) in [5.74, 6) is 1.50. The molecule has 1 aliphatic rings. The molecule has 0 radical (unpaired) electrons. The summed E-state index contributed by atoms with van der Waals surface area (Å²) in [6.45, 7) is 9.23. The van der Waals surface area contributed by atoms with E-state index in [4.69, 9.17) is 4.99 Å². The smallest absolute Gasteiger partial charge is 0.387 e. The van der Waals surface area contributed by atoms with Crippen LogP contribution in [0.5, 0.6) is 5.75 Å². The summed E-state index contributed by atoms with van der Waals surface area (Å²) < 4.78 is 29.0. The third kappa shape index (κ3) is 8.53. The quantitative estimate of drug-likeness (QED) is 0.500. The van der Waals surface area contributed by atoms with E-state index in [1.54, 1.807) is 24.3 Å². The summed E-state index contributed by atoms with van der Waals surface area (Å²) in [4.78, 5) is 11.7. The highest BCUT2D eigenvalue weighted by Gasteiger charge is 2.16. The van der Waals surface area contributed by atoms with Gasteiger partial charge in [0.2, 0.25) is 0 Å². The van der Waals surface area contributed by atoms with Crippen molar-refractivity contribution in [3.05, 3.63) is 29.8 Å². The van der Waals surface area contributed by atoms with Crippen molar-refractivity contribution in [1.82, 2.24) is 20.0 Å². The lowest BCUT2D eigenvalue weighted by atomic mass is 10.1. The van der Waals surface area contributed by atoms with E-state index in [1.165, 1.54) is 0 Å². The number of piperazine rings is 1. The lowest BCUT2D eigenvalue weighted by molar-refractivity contribution is -0.0498. The maximum Gasteiger partial charge on any atom is 0.387 e. The van der Waals surface area contributed by atoms with Crippen LogP contribution in [0.3, 0.4) is 0 Å². The molecule has 0 bridgehead atoms. The van der Waals surface area contributed by atoms with Gasteiger partial charge in [-0.05, 0) is 37.6 Å². The number of hydrogen-bond acceptors (Lipinski definition) is 4. The molecule has 2 rings (SSSR count). The Morgan fingerprint density at radius 1 is 1.21 bits per heavy atom. The highest BCUT2D eigenvalue weighted by Crippen LogP contribution is 2.16. The molecule has 0 amide bonds. The van der Waals surface area contributed by atoms with E-state index >= 15 is 0 Å². The fraction of sp³-hybridized carbons (Fsp3) is 0.667. The largest absolute Gasteiger partial charge is 0.435 e. The van der Waals surface area contributed by atoms with Crippen LogP contribution in [0.2, 0.25) is 0 Å². The Hall–Kier alpha value is -1.93. The summed E-state index contributed by atoms with van der Waals surface area (Å²) in [7, 11) is 4.15. The van der Waals surface area contributed by atoms with E-state index in [0.29, 0.717) is 12.5 Å².